The minimum Gasteiger partial charge on any atom is -0.477 e. The quantitative estimate of drug-likeness (QED) is 0.0211. The van der Waals surface area contributed by atoms with Crippen molar-refractivity contribution in [3.8, 4) is 0 Å². The molecule has 0 heterocycles. The van der Waals surface area contributed by atoms with Crippen LogP contribution in [0.15, 0.2) is 72.9 Å². The van der Waals surface area contributed by atoms with E-state index in [1.54, 1.807) is 0 Å². The van der Waals surface area contributed by atoms with Crippen LogP contribution in [-0.4, -0.2) is 87.4 Å². The maximum absolute atomic E-state index is 13.0. The molecule has 0 rings (SSSR count). The van der Waals surface area contributed by atoms with Crippen LogP contribution in [-0.2, 0) is 33.3 Å². The number of nitrogens with zero attached hydrogens (tertiary/aromatic N) is 1. The van der Waals surface area contributed by atoms with E-state index in [-0.39, 0.29) is 38.2 Å². The molecule has 2 atom stereocenters. The maximum atomic E-state index is 13.0. The summed E-state index contributed by atoms with van der Waals surface area (Å²) in [5.74, 6) is -1.99. The second kappa shape index (κ2) is 70.6. The molecule has 0 saturated heterocycles. The fourth-order valence-electron chi connectivity index (χ4n) is 11.1. The molecule has 0 aromatic carbocycles. The van der Waals surface area contributed by atoms with Gasteiger partial charge >= 0.3 is 17.9 Å². The van der Waals surface area contributed by atoms with Gasteiger partial charge in [0.25, 0.3) is 6.29 Å². The van der Waals surface area contributed by atoms with Crippen molar-refractivity contribution in [1.82, 2.24) is 0 Å². The van der Waals surface area contributed by atoms with E-state index in [4.69, 9.17) is 18.9 Å². The number of rotatable bonds is 71. The van der Waals surface area contributed by atoms with E-state index in [0.29, 0.717) is 17.4 Å². The number of unbranched alkanes of at least 4 members (excludes halogenated alkanes) is 44. The molecule has 0 aliphatic rings. The summed E-state index contributed by atoms with van der Waals surface area (Å²) in [4.78, 5) is 37.7. The molecule has 9 nitrogen and oxygen atoms in total. The van der Waals surface area contributed by atoms with E-state index in [1.807, 2.05) is 21.1 Å². The predicted molar refractivity (Wildman–Crippen MR) is 383 cm³/mol. The molecule has 1 N–H and O–H groups in total. The van der Waals surface area contributed by atoms with Gasteiger partial charge in [0, 0.05) is 12.8 Å². The van der Waals surface area contributed by atoms with Crippen LogP contribution in [0.5, 0.6) is 0 Å². The predicted octanol–water partition coefficient (Wildman–Crippen LogP) is 24.0. The Morgan fingerprint density at radius 2 is 0.607 bits per heavy atom. The van der Waals surface area contributed by atoms with Crippen LogP contribution in [0.3, 0.4) is 0 Å². The zero-order valence-electron chi connectivity index (χ0n) is 59.3. The van der Waals surface area contributed by atoms with Crippen molar-refractivity contribution < 1.29 is 42.9 Å². The first-order chi connectivity index (χ1) is 43.6. The molecule has 0 aliphatic heterocycles. The largest absolute Gasteiger partial charge is 0.477 e. The number of carboxylic acid groups (broad SMARTS) is 1. The Balaban J connectivity index is 4.01. The van der Waals surface area contributed by atoms with Crippen LogP contribution in [0.25, 0.3) is 0 Å². The molecular weight excluding hydrogens is 1100 g/mol. The van der Waals surface area contributed by atoms with Gasteiger partial charge < -0.3 is 28.5 Å². The smallest absolute Gasteiger partial charge is 0.361 e. The summed E-state index contributed by atoms with van der Waals surface area (Å²) in [7, 11) is 5.99. The minimum absolute atomic E-state index is 0.183. The normalized spacial score (nSPS) is 13.0. The number of esters is 2. The zero-order valence-corrected chi connectivity index (χ0v) is 59.3. The fraction of sp³-hybridized carbons (Fsp3) is 0.812. The van der Waals surface area contributed by atoms with Gasteiger partial charge in [-0.3, -0.25) is 9.59 Å². The van der Waals surface area contributed by atoms with E-state index in [0.717, 1.165) is 64.2 Å². The molecular formula is C80H146NO8+. The van der Waals surface area contributed by atoms with Crippen molar-refractivity contribution in [1.29, 1.82) is 0 Å². The third-order valence-corrected chi connectivity index (χ3v) is 16.9. The molecule has 0 bridgehead atoms. The monoisotopic (exact) mass is 1250 g/mol. The van der Waals surface area contributed by atoms with Gasteiger partial charge in [0.2, 0.25) is 0 Å². The van der Waals surface area contributed by atoms with Crippen LogP contribution in [0.4, 0.5) is 0 Å². The highest BCUT2D eigenvalue weighted by Gasteiger charge is 2.25. The molecule has 0 aliphatic carbocycles. The first-order valence-electron chi connectivity index (χ1n) is 38.1. The van der Waals surface area contributed by atoms with Crippen molar-refractivity contribution in [2.45, 2.75) is 373 Å². The molecule has 518 valence electrons. The van der Waals surface area contributed by atoms with Crippen molar-refractivity contribution in [3.63, 3.8) is 0 Å². The SMILES string of the molecule is CCCCCCC/C=C\C/C=C\C/C=C\CCCCCCCCCCCCCCCCCCCCCCCCCCC(=O)OC(COC(=O)CCCCCCCCCCCC/C=C\C/C=C\C/C=C\CCCCCCC)COC(OCC[N+](C)(C)C)C(=O)O. The number of hydrogen-bond acceptors (Lipinski definition) is 7. The van der Waals surface area contributed by atoms with Gasteiger partial charge in [-0.1, -0.05) is 331 Å². The van der Waals surface area contributed by atoms with E-state index in [1.165, 1.54) is 270 Å². The highest BCUT2D eigenvalue weighted by Crippen LogP contribution is 2.19. The fourth-order valence-corrected chi connectivity index (χ4v) is 11.1. The first-order valence-corrected chi connectivity index (χ1v) is 38.1. The van der Waals surface area contributed by atoms with Crippen LogP contribution in [0, 0.1) is 0 Å². The van der Waals surface area contributed by atoms with Crippen LogP contribution >= 0.6 is 0 Å². The van der Waals surface area contributed by atoms with Gasteiger partial charge in [-0.15, -0.1) is 0 Å². The Labute approximate surface area is 551 Å². The third-order valence-electron chi connectivity index (χ3n) is 16.9. The summed E-state index contributed by atoms with van der Waals surface area (Å²) < 4.78 is 23.0. The molecule has 0 aromatic rings. The molecule has 9 heteroatoms. The van der Waals surface area contributed by atoms with Crippen molar-refractivity contribution in [3.05, 3.63) is 72.9 Å². The number of carbonyl (C=O) groups is 3. The number of allylic oxidation sites excluding steroid dienone is 12. The lowest BCUT2D eigenvalue weighted by atomic mass is 10.0. The molecule has 2 unspecified atom stereocenters. The molecule has 0 amide bonds. The second-order valence-electron chi connectivity index (χ2n) is 27.0. The summed E-state index contributed by atoms with van der Waals surface area (Å²) in [5.41, 5.74) is 0. The minimum atomic E-state index is -1.51. The number of quaternary nitrogens is 1. The van der Waals surface area contributed by atoms with Crippen LogP contribution in [0.2, 0.25) is 0 Å². The molecule has 0 fully saturated rings. The highest BCUT2D eigenvalue weighted by molar-refractivity contribution is 5.71. The van der Waals surface area contributed by atoms with E-state index >= 15 is 0 Å². The molecule has 0 saturated carbocycles. The van der Waals surface area contributed by atoms with E-state index < -0.39 is 18.4 Å². The van der Waals surface area contributed by atoms with E-state index in [9.17, 15) is 19.5 Å². The Morgan fingerprint density at radius 3 is 0.899 bits per heavy atom. The van der Waals surface area contributed by atoms with E-state index in [2.05, 4.69) is 86.8 Å². The number of ether oxygens (including phenoxy) is 4. The lowest BCUT2D eigenvalue weighted by Crippen LogP contribution is -2.40. The Hall–Kier alpha value is -3.27. The number of hydrogen-bond donors (Lipinski definition) is 1. The van der Waals surface area contributed by atoms with Crippen LogP contribution < -0.4 is 0 Å². The average molecular weight is 1250 g/mol. The maximum Gasteiger partial charge on any atom is 0.361 e. The average Bonchev–Trinajstić information content (AvgIpc) is 3.64. The summed E-state index contributed by atoms with van der Waals surface area (Å²) >= 11 is 0. The standard InChI is InChI=1S/C80H145NO8/c1-6-8-10-12-14-16-18-20-22-24-26-28-30-32-33-34-35-36-37-38-39-40-41-42-43-44-45-47-49-51-53-55-57-59-61-63-65-67-69-71-78(83)89-76(75-88-80(79(84)85)86-73-72-81(3,4)5)74-87-77(82)70-68-66-64-62-60-58-56-54-52-50-48-46-31-29-27-25-23-21-19-17-15-13-11-9-7-2/h18-21,24-27,30-32,46,76,80H,6-17,22-23,28-29,33-45,47-75H2,1-5H3/p+1/b20-18-,21-19-,26-24-,27-25-,32-30-,46-31-. The molecule has 89 heavy (non-hydrogen) atoms. The first kappa shape index (κ1) is 85.7. The Morgan fingerprint density at radius 1 is 0.337 bits per heavy atom. The zero-order chi connectivity index (χ0) is 64.7. The van der Waals surface area contributed by atoms with Gasteiger partial charge in [0.15, 0.2) is 6.10 Å². The second-order valence-corrected chi connectivity index (χ2v) is 27.0. The summed E-state index contributed by atoms with van der Waals surface area (Å²) in [6, 6.07) is 0. The van der Waals surface area contributed by atoms with Gasteiger partial charge in [-0.25, -0.2) is 4.79 Å². The Kier molecular flexibility index (Phi) is 68.0. The van der Waals surface area contributed by atoms with Gasteiger partial charge in [-0.2, -0.15) is 0 Å². The van der Waals surface area contributed by atoms with Crippen molar-refractivity contribution >= 4 is 17.9 Å². The summed E-state index contributed by atoms with van der Waals surface area (Å²) in [5, 5.41) is 9.76. The number of aliphatic carboxylic acids is 1. The number of likely N-dealkylation sites (N-methyl/N-ethyl adjacent to an activating group) is 1. The lowest BCUT2D eigenvalue weighted by Gasteiger charge is -2.25. The summed E-state index contributed by atoms with van der Waals surface area (Å²) in [6.07, 6.45) is 91.8. The molecule has 0 spiro atoms. The van der Waals surface area contributed by atoms with Crippen molar-refractivity contribution in [2.75, 3.05) is 47.5 Å². The Bertz CT molecular complexity index is 1690. The lowest BCUT2D eigenvalue weighted by molar-refractivity contribution is -0.870. The van der Waals surface area contributed by atoms with Crippen LogP contribution in [0.1, 0.15) is 361 Å². The van der Waals surface area contributed by atoms with Gasteiger partial charge in [0.05, 0.1) is 34.4 Å². The molecule has 0 radical (unpaired) electrons. The highest BCUT2D eigenvalue weighted by atomic mass is 16.7. The molecule has 0 aromatic heterocycles. The van der Waals surface area contributed by atoms with Gasteiger partial charge in [0.1, 0.15) is 13.2 Å². The topological polar surface area (TPSA) is 108 Å². The number of carboxylic acids is 1. The summed E-state index contributed by atoms with van der Waals surface area (Å²) in [6.45, 7) is 4.90. The van der Waals surface area contributed by atoms with Gasteiger partial charge in [-0.05, 0) is 89.9 Å². The number of carbonyl (C=O) groups excluding carboxylic acids is 2. The van der Waals surface area contributed by atoms with Crippen molar-refractivity contribution in [2.24, 2.45) is 0 Å². The third kappa shape index (κ3) is 72.0.